The van der Waals surface area contributed by atoms with Crippen molar-refractivity contribution in [1.29, 1.82) is 0 Å². The van der Waals surface area contributed by atoms with E-state index in [9.17, 15) is 4.79 Å². The first-order valence-corrected chi connectivity index (χ1v) is 10.9. The Labute approximate surface area is 184 Å². The number of thiocarbonyl (C=S) groups is 1. The minimum Gasteiger partial charge on any atom is -0.342 e. The third-order valence-corrected chi connectivity index (χ3v) is 6.41. The summed E-state index contributed by atoms with van der Waals surface area (Å²) < 4.78 is 2.79. The molecule has 0 N–H and O–H groups in total. The maximum atomic E-state index is 13.1. The number of rotatable bonds is 4. The highest BCUT2D eigenvalue weighted by molar-refractivity contribution is 8.27. The Kier molecular flexibility index (Phi) is 4.99. The summed E-state index contributed by atoms with van der Waals surface area (Å²) in [5, 5.41) is 1.12. The molecule has 0 aliphatic carbocycles. The fourth-order valence-electron chi connectivity index (χ4n) is 3.71. The third-order valence-electron chi connectivity index (χ3n) is 5.11. The average Bonchev–Trinajstić information content (AvgIpc) is 3.26. The third kappa shape index (κ3) is 3.47. The van der Waals surface area contributed by atoms with Crippen molar-refractivity contribution in [2.75, 3.05) is 4.90 Å². The molecule has 30 heavy (non-hydrogen) atoms. The molecule has 0 bridgehead atoms. The summed E-state index contributed by atoms with van der Waals surface area (Å²) in [6, 6.07) is 28.2. The Hall–Kier alpha value is -3.15. The molecule has 1 aliphatic heterocycles. The average molecular weight is 427 g/mol. The number of nitrogens with zero attached hydrogens (tertiary/aromatic N) is 2. The summed E-state index contributed by atoms with van der Waals surface area (Å²) in [7, 11) is 0. The molecule has 4 aromatic rings. The number of benzene rings is 3. The van der Waals surface area contributed by atoms with E-state index in [2.05, 4.69) is 47.2 Å². The highest BCUT2D eigenvalue weighted by Gasteiger charge is 2.33. The van der Waals surface area contributed by atoms with Gasteiger partial charge in [0.15, 0.2) is 4.32 Å². The van der Waals surface area contributed by atoms with Gasteiger partial charge in [0, 0.05) is 29.2 Å². The fourth-order valence-corrected chi connectivity index (χ4v) is 5.00. The summed E-state index contributed by atoms with van der Waals surface area (Å²) in [5.41, 5.74) is 4.20. The van der Waals surface area contributed by atoms with E-state index in [0.717, 1.165) is 28.7 Å². The molecule has 0 radical (unpaired) electrons. The molecule has 0 saturated carbocycles. The molecular weight excluding hydrogens is 408 g/mol. The zero-order chi connectivity index (χ0) is 20.5. The maximum Gasteiger partial charge on any atom is 0.270 e. The summed E-state index contributed by atoms with van der Waals surface area (Å²) in [4.78, 5) is 15.3. The second kappa shape index (κ2) is 7.94. The molecule has 1 aromatic heterocycles. The van der Waals surface area contributed by atoms with Gasteiger partial charge in [0.1, 0.15) is 0 Å². The number of thioether (sulfide) groups is 1. The van der Waals surface area contributed by atoms with Crippen LogP contribution < -0.4 is 4.90 Å². The first-order chi connectivity index (χ1) is 14.7. The first kappa shape index (κ1) is 18.9. The Morgan fingerprint density at radius 1 is 0.867 bits per heavy atom. The van der Waals surface area contributed by atoms with Crippen LogP contribution in [0, 0.1) is 0 Å². The minimum atomic E-state index is -0.0731. The van der Waals surface area contributed by atoms with Crippen LogP contribution in [0.25, 0.3) is 17.0 Å². The number of carbonyl (C=O) groups excluding carboxylic acids is 1. The van der Waals surface area contributed by atoms with E-state index >= 15 is 0 Å². The second-order valence-corrected chi connectivity index (χ2v) is 8.74. The largest absolute Gasteiger partial charge is 0.342 e. The summed E-state index contributed by atoms with van der Waals surface area (Å²) >= 11 is 6.86. The van der Waals surface area contributed by atoms with Crippen LogP contribution in [-0.2, 0) is 11.3 Å². The van der Waals surface area contributed by atoms with Gasteiger partial charge in [-0.05, 0) is 29.8 Å². The van der Waals surface area contributed by atoms with Gasteiger partial charge in [-0.2, -0.15) is 0 Å². The number of hydrogen-bond acceptors (Lipinski definition) is 3. The van der Waals surface area contributed by atoms with Crippen molar-refractivity contribution >= 4 is 56.9 Å². The number of fused-ring (bicyclic) bond motifs is 1. The SMILES string of the molecule is O=C1/C(=C\c2cn(Cc3ccccc3)c3ccccc23)SC(=S)N1c1ccccc1. The number of anilines is 1. The summed E-state index contributed by atoms with van der Waals surface area (Å²) in [5.74, 6) is -0.0731. The Morgan fingerprint density at radius 2 is 1.53 bits per heavy atom. The van der Waals surface area contributed by atoms with Gasteiger partial charge in [0.25, 0.3) is 5.91 Å². The van der Waals surface area contributed by atoms with E-state index < -0.39 is 0 Å². The predicted molar refractivity (Wildman–Crippen MR) is 130 cm³/mol. The molecule has 3 aromatic carbocycles. The van der Waals surface area contributed by atoms with Crippen molar-refractivity contribution in [3.8, 4) is 0 Å². The molecule has 1 aliphatic rings. The first-order valence-electron chi connectivity index (χ1n) is 9.65. The predicted octanol–water partition coefficient (Wildman–Crippen LogP) is 6.10. The van der Waals surface area contributed by atoms with E-state index in [1.165, 1.54) is 17.3 Å². The standard InChI is InChI=1S/C25H18N2OS2/c28-24-23(30-25(29)27(24)20-11-5-2-6-12-20)15-19-17-26(16-18-9-3-1-4-10-18)22-14-8-7-13-21(19)22/h1-15,17H,16H2/b23-15+. The van der Waals surface area contributed by atoms with Gasteiger partial charge in [-0.15, -0.1) is 0 Å². The number of aromatic nitrogens is 1. The van der Waals surface area contributed by atoms with Crippen molar-refractivity contribution in [3.05, 3.63) is 107 Å². The Morgan fingerprint density at radius 3 is 2.30 bits per heavy atom. The fraction of sp³-hybridized carbons (Fsp3) is 0.0400. The number of carbonyl (C=O) groups is 1. The van der Waals surface area contributed by atoms with E-state index in [0.29, 0.717) is 9.23 Å². The number of amides is 1. The van der Waals surface area contributed by atoms with Gasteiger partial charge < -0.3 is 4.57 Å². The molecule has 5 rings (SSSR count). The van der Waals surface area contributed by atoms with Crippen molar-refractivity contribution in [2.45, 2.75) is 6.54 Å². The van der Waals surface area contributed by atoms with Crippen molar-refractivity contribution in [1.82, 2.24) is 4.57 Å². The molecule has 2 heterocycles. The lowest BCUT2D eigenvalue weighted by molar-refractivity contribution is -0.113. The van der Waals surface area contributed by atoms with E-state index in [-0.39, 0.29) is 5.91 Å². The van der Waals surface area contributed by atoms with Gasteiger partial charge in [-0.25, -0.2) is 0 Å². The maximum absolute atomic E-state index is 13.1. The van der Waals surface area contributed by atoms with Gasteiger partial charge in [0.2, 0.25) is 0 Å². The lowest BCUT2D eigenvalue weighted by Crippen LogP contribution is -2.27. The van der Waals surface area contributed by atoms with Crippen molar-refractivity contribution in [2.24, 2.45) is 0 Å². The van der Waals surface area contributed by atoms with Gasteiger partial charge in [0.05, 0.1) is 10.6 Å². The number of hydrogen-bond donors (Lipinski definition) is 0. The van der Waals surface area contributed by atoms with Crippen LogP contribution in [-0.4, -0.2) is 14.8 Å². The highest BCUT2D eigenvalue weighted by atomic mass is 32.2. The lowest BCUT2D eigenvalue weighted by atomic mass is 10.1. The lowest BCUT2D eigenvalue weighted by Gasteiger charge is -2.13. The molecule has 1 saturated heterocycles. The normalized spacial score (nSPS) is 15.5. The van der Waals surface area contributed by atoms with E-state index in [1.54, 1.807) is 4.90 Å². The topological polar surface area (TPSA) is 25.2 Å². The minimum absolute atomic E-state index is 0.0731. The molecule has 0 unspecified atom stereocenters. The second-order valence-electron chi connectivity index (χ2n) is 7.07. The summed E-state index contributed by atoms with van der Waals surface area (Å²) in [6.45, 7) is 0.778. The van der Waals surface area contributed by atoms with Crippen LogP contribution in [0.4, 0.5) is 5.69 Å². The smallest absolute Gasteiger partial charge is 0.270 e. The molecule has 146 valence electrons. The van der Waals surface area contributed by atoms with Crippen LogP contribution in [0.15, 0.2) is 96.0 Å². The van der Waals surface area contributed by atoms with Crippen LogP contribution in [0.5, 0.6) is 0 Å². The van der Waals surface area contributed by atoms with Gasteiger partial charge in [-0.3, -0.25) is 9.69 Å². The van der Waals surface area contributed by atoms with Crippen molar-refractivity contribution in [3.63, 3.8) is 0 Å². The van der Waals surface area contributed by atoms with Crippen molar-refractivity contribution < 1.29 is 4.79 Å². The zero-order valence-corrected chi connectivity index (χ0v) is 17.7. The van der Waals surface area contributed by atoms with Gasteiger partial charge in [-0.1, -0.05) is 90.7 Å². The van der Waals surface area contributed by atoms with Crippen LogP contribution in [0.3, 0.4) is 0 Å². The van der Waals surface area contributed by atoms with E-state index in [4.69, 9.17) is 12.2 Å². The zero-order valence-electron chi connectivity index (χ0n) is 16.1. The molecule has 1 amide bonds. The molecule has 1 fully saturated rings. The molecule has 0 atom stereocenters. The quantitative estimate of drug-likeness (QED) is 0.291. The van der Waals surface area contributed by atoms with Gasteiger partial charge >= 0.3 is 0 Å². The monoisotopic (exact) mass is 426 g/mol. The van der Waals surface area contributed by atoms with E-state index in [1.807, 2.05) is 54.6 Å². The Balaban J connectivity index is 1.53. The van der Waals surface area contributed by atoms with Crippen LogP contribution in [0.2, 0.25) is 0 Å². The molecule has 5 heteroatoms. The molecular formula is C25H18N2OS2. The summed E-state index contributed by atoms with van der Waals surface area (Å²) in [6.07, 6.45) is 4.08. The Bertz CT molecular complexity index is 1280. The number of para-hydroxylation sites is 2. The molecule has 0 spiro atoms. The van der Waals surface area contributed by atoms with Crippen LogP contribution >= 0.6 is 24.0 Å². The molecule has 3 nitrogen and oxygen atoms in total. The van der Waals surface area contributed by atoms with Crippen LogP contribution in [0.1, 0.15) is 11.1 Å². The highest BCUT2D eigenvalue weighted by Crippen LogP contribution is 2.37.